The smallest absolute Gasteiger partial charge is 0.209 e. The Kier molecular flexibility index (Phi) is 5.51. The fourth-order valence-electron chi connectivity index (χ4n) is 1.63. The van der Waals surface area contributed by atoms with Crippen LogP contribution < -0.4 is 5.32 Å². The molecule has 4 nitrogen and oxygen atoms in total. The summed E-state index contributed by atoms with van der Waals surface area (Å²) in [5.41, 5.74) is 0.0335. The number of likely N-dealkylation sites (N-methyl/N-ethyl adjacent to an activating group) is 1. The Morgan fingerprint density at radius 2 is 1.89 bits per heavy atom. The summed E-state index contributed by atoms with van der Waals surface area (Å²) >= 11 is 0. The third kappa shape index (κ3) is 4.04. The van der Waals surface area contributed by atoms with Crippen molar-refractivity contribution < 1.29 is 9.90 Å². The monoisotopic (exact) mass is 264 g/mol. The molecule has 19 heavy (non-hydrogen) atoms. The largest absolute Gasteiger partial charge is 0.385 e. The lowest BCUT2D eigenvalue weighted by Crippen LogP contribution is -2.48. The Hall–Kier alpha value is -1.39. The molecule has 0 saturated heterocycles. The van der Waals surface area contributed by atoms with Gasteiger partial charge in [-0.05, 0) is 51.7 Å². The zero-order valence-corrected chi connectivity index (χ0v) is 12.2. The zero-order chi connectivity index (χ0) is 14.5. The SMILES string of the molecule is CCCCNc1ccc(C(=O)C(C)(O)N(C)C)cc1. The number of rotatable bonds is 7. The van der Waals surface area contributed by atoms with Gasteiger partial charge in [-0.3, -0.25) is 9.69 Å². The molecule has 1 aromatic rings. The number of nitrogens with one attached hydrogen (secondary N) is 1. The van der Waals surface area contributed by atoms with Gasteiger partial charge in [-0.2, -0.15) is 0 Å². The molecule has 0 aliphatic carbocycles. The van der Waals surface area contributed by atoms with Crippen LogP contribution in [0.3, 0.4) is 0 Å². The summed E-state index contributed by atoms with van der Waals surface area (Å²) in [6.07, 6.45) is 2.27. The van der Waals surface area contributed by atoms with E-state index in [9.17, 15) is 9.90 Å². The van der Waals surface area contributed by atoms with E-state index in [0.29, 0.717) is 5.56 Å². The van der Waals surface area contributed by atoms with Crippen LogP contribution >= 0.6 is 0 Å². The highest BCUT2D eigenvalue weighted by Crippen LogP contribution is 2.17. The zero-order valence-electron chi connectivity index (χ0n) is 12.2. The van der Waals surface area contributed by atoms with Gasteiger partial charge in [0.15, 0.2) is 5.72 Å². The summed E-state index contributed by atoms with van der Waals surface area (Å²) in [6, 6.07) is 7.23. The average Bonchev–Trinajstić information content (AvgIpc) is 2.39. The van der Waals surface area contributed by atoms with Crippen molar-refractivity contribution in [2.75, 3.05) is 26.0 Å². The Labute approximate surface area is 115 Å². The molecule has 0 saturated carbocycles. The third-order valence-corrected chi connectivity index (χ3v) is 3.31. The van der Waals surface area contributed by atoms with Crippen molar-refractivity contribution in [2.24, 2.45) is 0 Å². The van der Waals surface area contributed by atoms with Crippen molar-refractivity contribution in [2.45, 2.75) is 32.4 Å². The summed E-state index contributed by atoms with van der Waals surface area (Å²) in [4.78, 5) is 13.7. The molecule has 0 heterocycles. The second kappa shape index (κ2) is 6.68. The first-order chi connectivity index (χ1) is 8.89. The summed E-state index contributed by atoms with van der Waals surface area (Å²) in [5.74, 6) is -0.294. The van der Waals surface area contributed by atoms with Crippen molar-refractivity contribution in [3.05, 3.63) is 29.8 Å². The molecule has 1 rings (SSSR count). The maximum atomic E-state index is 12.2. The van der Waals surface area contributed by atoms with Crippen molar-refractivity contribution in [3.8, 4) is 0 Å². The molecule has 0 aromatic heterocycles. The molecule has 0 radical (unpaired) electrons. The quantitative estimate of drug-likeness (QED) is 0.451. The second-order valence-corrected chi connectivity index (χ2v) is 5.10. The third-order valence-electron chi connectivity index (χ3n) is 3.31. The van der Waals surface area contributed by atoms with E-state index < -0.39 is 5.72 Å². The lowest BCUT2D eigenvalue weighted by molar-refractivity contribution is -0.0383. The predicted octanol–water partition coefficient (Wildman–Crippen LogP) is 2.35. The number of carbonyl (C=O) groups excluding carboxylic acids is 1. The van der Waals surface area contributed by atoms with Gasteiger partial charge in [0.25, 0.3) is 0 Å². The van der Waals surface area contributed by atoms with Gasteiger partial charge >= 0.3 is 0 Å². The molecule has 0 amide bonds. The standard InChI is InChI=1S/C15H24N2O2/c1-5-6-11-16-13-9-7-12(8-10-13)14(18)15(2,19)17(3)4/h7-10,16,19H,5-6,11H2,1-4H3. The highest BCUT2D eigenvalue weighted by molar-refractivity contribution is 6.01. The number of unbranched alkanes of at least 4 members (excludes halogenated alkanes) is 1. The number of ketones is 1. The number of benzene rings is 1. The van der Waals surface area contributed by atoms with Gasteiger partial charge in [0.1, 0.15) is 0 Å². The van der Waals surface area contributed by atoms with E-state index in [1.54, 1.807) is 26.2 Å². The van der Waals surface area contributed by atoms with Crippen LogP contribution in [0.25, 0.3) is 0 Å². The van der Waals surface area contributed by atoms with E-state index in [2.05, 4.69) is 12.2 Å². The average molecular weight is 264 g/mol. The van der Waals surface area contributed by atoms with Gasteiger partial charge in [0, 0.05) is 17.8 Å². The summed E-state index contributed by atoms with van der Waals surface area (Å²) in [7, 11) is 3.36. The normalized spacial score (nSPS) is 14.2. The van der Waals surface area contributed by atoms with E-state index in [1.165, 1.54) is 11.8 Å². The van der Waals surface area contributed by atoms with Crippen LogP contribution in [0.2, 0.25) is 0 Å². The topological polar surface area (TPSA) is 52.6 Å². The maximum Gasteiger partial charge on any atom is 0.209 e. The van der Waals surface area contributed by atoms with Gasteiger partial charge in [-0.15, -0.1) is 0 Å². The number of hydrogen-bond acceptors (Lipinski definition) is 4. The van der Waals surface area contributed by atoms with Crippen LogP contribution in [0.15, 0.2) is 24.3 Å². The highest BCUT2D eigenvalue weighted by atomic mass is 16.3. The lowest BCUT2D eigenvalue weighted by atomic mass is 10.0. The molecular formula is C15H24N2O2. The summed E-state index contributed by atoms with van der Waals surface area (Å²) in [5, 5.41) is 13.4. The first-order valence-corrected chi connectivity index (χ1v) is 6.68. The van der Waals surface area contributed by atoms with E-state index >= 15 is 0 Å². The van der Waals surface area contributed by atoms with Gasteiger partial charge in [-0.25, -0.2) is 0 Å². The van der Waals surface area contributed by atoms with Crippen LogP contribution in [0, 0.1) is 0 Å². The fourth-order valence-corrected chi connectivity index (χ4v) is 1.63. The lowest BCUT2D eigenvalue weighted by Gasteiger charge is -2.29. The second-order valence-electron chi connectivity index (χ2n) is 5.10. The van der Waals surface area contributed by atoms with Crippen LogP contribution in [-0.2, 0) is 0 Å². The summed E-state index contributed by atoms with van der Waals surface area (Å²) in [6.45, 7) is 4.58. The van der Waals surface area contributed by atoms with Crippen molar-refractivity contribution in [3.63, 3.8) is 0 Å². The number of anilines is 1. The van der Waals surface area contributed by atoms with E-state index in [0.717, 1.165) is 25.1 Å². The van der Waals surface area contributed by atoms with Crippen molar-refractivity contribution in [1.82, 2.24) is 4.90 Å². The van der Waals surface area contributed by atoms with E-state index in [-0.39, 0.29) is 5.78 Å². The number of hydrogen-bond donors (Lipinski definition) is 2. The Morgan fingerprint density at radius 3 is 2.37 bits per heavy atom. The highest BCUT2D eigenvalue weighted by Gasteiger charge is 2.33. The molecule has 1 aromatic carbocycles. The Bertz CT molecular complexity index is 411. The van der Waals surface area contributed by atoms with Gasteiger partial charge in [0.05, 0.1) is 0 Å². The molecule has 106 valence electrons. The van der Waals surface area contributed by atoms with Crippen molar-refractivity contribution >= 4 is 11.5 Å². The van der Waals surface area contributed by atoms with Crippen LogP contribution in [0.4, 0.5) is 5.69 Å². The number of carbonyl (C=O) groups is 1. The Morgan fingerprint density at radius 1 is 1.32 bits per heavy atom. The van der Waals surface area contributed by atoms with Crippen molar-refractivity contribution in [1.29, 1.82) is 0 Å². The molecule has 1 unspecified atom stereocenters. The first-order valence-electron chi connectivity index (χ1n) is 6.68. The van der Waals surface area contributed by atoms with Crippen LogP contribution in [0.1, 0.15) is 37.0 Å². The first kappa shape index (κ1) is 15.7. The predicted molar refractivity (Wildman–Crippen MR) is 78.5 cm³/mol. The minimum Gasteiger partial charge on any atom is -0.385 e. The van der Waals surface area contributed by atoms with Gasteiger partial charge in [-0.1, -0.05) is 13.3 Å². The van der Waals surface area contributed by atoms with Gasteiger partial charge < -0.3 is 10.4 Å². The molecule has 0 bridgehead atoms. The molecule has 0 aliphatic heterocycles. The maximum absolute atomic E-state index is 12.2. The minimum absolute atomic E-state index is 0.294. The molecule has 0 aliphatic rings. The molecule has 2 N–H and O–H groups in total. The number of aliphatic hydroxyl groups is 1. The van der Waals surface area contributed by atoms with E-state index in [1.807, 2.05) is 12.1 Å². The van der Waals surface area contributed by atoms with Gasteiger partial charge in [0.2, 0.25) is 5.78 Å². The molecule has 4 heteroatoms. The summed E-state index contributed by atoms with van der Waals surface area (Å²) < 4.78 is 0. The molecule has 0 fully saturated rings. The van der Waals surface area contributed by atoms with E-state index in [4.69, 9.17) is 0 Å². The van der Waals surface area contributed by atoms with Crippen LogP contribution in [-0.4, -0.2) is 42.2 Å². The fraction of sp³-hybridized carbons (Fsp3) is 0.533. The number of nitrogens with zero attached hydrogens (tertiary/aromatic N) is 1. The molecular weight excluding hydrogens is 240 g/mol. The molecule has 1 atom stereocenters. The molecule has 0 spiro atoms. The minimum atomic E-state index is -1.48. The van der Waals surface area contributed by atoms with Crippen LogP contribution in [0.5, 0.6) is 0 Å². The Balaban J connectivity index is 2.73. The number of Topliss-reactive ketones (excluding diaryl/α,β-unsaturated/α-hetero) is 1.